The Hall–Kier alpha value is -1.71. The molecule has 2 rings (SSSR count). The molecule has 3 nitrogen and oxygen atoms in total. The summed E-state index contributed by atoms with van der Waals surface area (Å²) in [5.41, 5.74) is 2.26. The van der Waals surface area contributed by atoms with Gasteiger partial charge in [0.2, 0.25) is 0 Å². The summed E-state index contributed by atoms with van der Waals surface area (Å²) in [5, 5.41) is 13.6. The van der Waals surface area contributed by atoms with E-state index < -0.39 is 11.9 Å². The van der Waals surface area contributed by atoms with Crippen LogP contribution in [-0.2, 0) is 4.79 Å². The largest absolute Gasteiger partial charge is 0.481 e. The third kappa shape index (κ3) is 3.90. The van der Waals surface area contributed by atoms with Gasteiger partial charge in [-0.1, -0.05) is 53.5 Å². The van der Waals surface area contributed by atoms with Gasteiger partial charge in [-0.05, 0) is 30.2 Å². The second-order valence-electron chi connectivity index (χ2n) is 4.76. The zero-order valence-corrected chi connectivity index (χ0v) is 12.9. The fourth-order valence-corrected chi connectivity index (χ4v) is 2.48. The van der Waals surface area contributed by atoms with Crippen LogP contribution in [0, 0.1) is 6.92 Å². The molecule has 110 valence electrons. The van der Waals surface area contributed by atoms with E-state index in [-0.39, 0.29) is 6.54 Å². The lowest BCUT2D eigenvalue weighted by Gasteiger charge is -2.16. The van der Waals surface area contributed by atoms with Crippen molar-refractivity contribution < 1.29 is 9.90 Å². The van der Waals surface area contributed by atoms with E-state index in [9.17, 15) is 9.90 Å². The number of benzene rings is 2. The Morgan fingerprint density at radius 1 is 1.19 bits per heavy atom. The molecule has 0 fully saturated rings. The fourth-order valence-electron chi connectivity index (χ4n) is 2.03. The van der Waals surface area contributed by atoms with Crippen molar-refractivity contribution in [2.24, 2.45) is 0 Å². The molecule has 0 aliphatic carbocycles. The zero-order chi connectivity index (χ0) is 15.4. The lowest BCUT2D eigenvalue weighted by Crippen LogP contribution is -2.21. The van der Waals surface area contributed by atoms with E-state index in [1.807, 2.05) is 25.1 Å². The molecule has 2 aromatic rings. The summed E-state index contributed by atoms with van der Waals surface area (Å²) in [7, 11) is 0. The van der Waals surface area contributed by atoms with Crippen LogP contribution in [0.3, 0.4) is 0 Å². The van der Waals surface area contributed by atoms with E-state index in [2.05, 4.69) is 5.32 Å². The van der Waals surface area contributed by atoms with Crippen LogP contribution >= 0.6 is 23.2 Å². The number of nitrogens with one attached hydrogen (secondary N) is 1. The topological polar surface area (TPSA) is 49.3 Å². The lowest BCUT2D eigenvalue weighted by atomic mass is 9.99. The van der Waals surface area contributed by atoms with E-state index in [1.165, 1.54) is 0 Å². The van der Waals surface area contributed by atoms with Crippen LogP contribution in [0.15, 0.2) is 42.5 Å². The van der Waals surface area contributed by atoms with Crippen LogP contribution in [0.5, 0.6) is 0 Å². The van der Waals surface area contributed by atoms with E-state index >= 15 is 0 Å². The third-order valence-corrected chi connectivity index (χ3v) is 3.96. The van der Waals surface area contributed by atoms with Gasteiger partial charge in [0.1, 0.15) is 0 Å². The van der Waals surface area contributed by atoms with Gasteiger partial charge in [0.05, 0.1) is 16.6 Å². The van der Waals surface area contributed by atoms with Crippen molar-refractivity contribution in [3.05, 3.63) is 63.6 Å². The van der Waals surface area contributed by atoms with E-state index in [1.54, 1.807) is 24.3 Å². The summed E-state index contributed by atoms with van der Waals surface area (Å²) in [4.78, 5) is 11.4. The van der Waals surface area contributed by atoms with Gasteiger partial charge in [-0.15, -0.1) is 0 Å². The highest BCUT2D eigenvalue weighted by Gasteiger charge is 2.19. The van der Waals surface area contributed by atoms with Crippen LogP contribution in [0.25, 0.3) is 0 Å². The Balaban J connectivity index is 2.17. The highest BCUT2D eigenvalue weighted by Crippen LogP contribution is 2.29. The number of carboxylic acids is 1. The molecule has 1 atom stereocenters. The van der Waals surface area contributed by atoms with Crippen molar-refractivity contribution >= 4 is 34.9 Å². The molecule has 0 aromatic heterocycles. The first kappa shape index (κ1) is 15.7. The highest BCUT2D eigenvalue weighted by atomic mass is 35.5. The molecule has 0 bridgehead atoms. The fraction of sp³-hybridized carbons (Fsp3) is 0.188. The maximum absolute atomic E-state index is 11.4. The molecule has 0 amide bonds. The van der Waals surface area contributed by atoms with E-state index in [4.69, 9.17) is 23.2 Å². The first-order chi connectivity index (χ1) is 9.99. The number of aliphatic carboxylic acids is 1. The van der Waals surface area contributed by atoms with Crippen molar-refractivity contribution in [3.8, 4) is 0 Å². The monoisotopic (exact) mass is 323 g/mol. The molecular formula is C16H15Cl2NO2. The lowest BCUT2D eigenvalue weighted by molar-refractivity contribution is -0.138. The summed E-state index contributed by atoms with van der Waals surface area (Å²) in [5.74, 6) is -1.54. The molecule has 0 aliphatic heterocycles. The van der Waals surface area contributed by atoms with Gasteiger partial charge in [-0.25, -0.2) is 0 Å². The second kappa shape index (κ2) is 6.83. The van der Waals surface area contributed by atoms with Gasteiger partial charge in [0.15, 0.2) is 0 Å². The Morgan fingerprint density at radius 2 is 1.86 bits per heavy atom. The number of halogens is 2. The van der Waals surface area contributed by atoms with Crippen LogP contribution in [-0.4, -0.2) is 17.6 Å². The Kier molecular flexibility index (Phi) is 5.10. The maximum Gasteiger partial charge on any atom is 0.312 e. The normalized spacial score (nSPS) is 12.0. The third-order valence-electron chi connectivity index (χ3n) is 3.24. The summed E-state index contributed by atoms with van der Waals surface area (Å²) < 4.78 is 0. The van der Waals surface area contributed by atoms with Crippen LogP contribution in [0.4, 0.5) is 5.69 Å². The number of rotatable bonds is 5. The minimum Gasteiger partial charge on any atom is -0.481 e. The molecule has 0 radical (unpaired) electrons. The molecule has 0 saturated heterocycles. The second-order valence-corrected chi connectivity index (χ2v) is 5.58. The average Bonchev–Trinajstić information content (AvgIpc) is 2.45. The quantitative estimate of drug-likeness (QED) is 0.846. The minimum atomic E-state index is -0.886. The Bertz CT molecular complexity index is 644. The SMILES string of the molecule is Cc1cc(Cl)c(NCC(C(=O)O)c2ccccc2)cc1Cl. The number of anilines is 1. The average molecular weight is 324 g/mol. The van der Waals surface area contributed by atoms with Crippen molar-refractivity contribution in [2.75, 3.05) is 11.9 Å². The first-order valence-electron chi connectivity index (χ1n) is 6.46. The molecule has 1 unspecified atom stereocenters. The number of carbonyl (C=O) groups is 1. The van der Waals surface area contributed by atoms with Gasteiger partial charge in [-0.3, -0.25) is 4.79 Å². The smallest absolute Gasteiger partial charge is 0.312 e. The van der Waals surface area contributed by atoms with Gasteiger partial charge < -0.3 is 10.4 Å². The molecule has 0 aliphatic rings. The standard InChI is InChI=1S/C16H15Cl2NO2/c1-10-7-14(18)15(8-13(10)17)19-9-12(16(20)21)11-5-3-2-4-6-11/h2-8,12,19H,9H2,1H3,(H,20,21). The summed E-state index contributed by atoms with van der Waals surface area (Å²) in [6.07, 6.45) is 0. The Morgan fingerprint density at radius 3 is 2.48 bits per heavy atom. The van der Waals surface area contributed by atoms with E-state index in [0.717, 1.165) is 11.1 Å². The summed E-state index contributed by atoms with van der Waals surface area (Å²) in [6, 6.07) is 12.6. The van der Waals surface area contributed by atoms with Gasteiger partial charge >= 0.3 is 5.97 Å². The number of hydrogen-bond donors (Lipinski definition) is 2. The maximum atomic E-state index is 11.4. The van der Waals surface area contributed by atoms with Crippen LogP contribution < -0.4 is 5.32 Å². The molecule has 0 saturated carbocycles. The molecule has 5 heteroatoms. The number of carboxylic acid groups (broad SMARTS) is 1. The molecule has 2 aromatic carbocycles. The summed E-state index contributed by atoms with van der Waals surface area (Å²) >= 11 is 12.2. The van der Waals surface area contributed by atoms with Gasteiger partial charge in [-0.2, -0.15) is 0 Å². The van der Waals surface area contributed by atoms with Gasteiger partial charge in [0, 0.05) is 11.6 Å². The van der Waals surface area contributed by atoms with E-state index in [0.29, 0.717) is 15.7 Å². The minimum absolute atomic E-state index is 0.235. The van der Waals surface area contributed by atoms with Crippen LogP contribution in [0.1, 0.15) is 17.0 Å². The highest BCUT2D eigenvalue weighted by molar-refractivity contribution is 6.35. The predicted molar refractivity (Wildman–Crippen MR) is 86.5 cm³/mol. The van der Waals surface area contributed by atoms with Crippen molar-refractivity contribution in [2.45, 2.75) is 12.8 Å². The number of hydrogen-bond acceptors (Lipinski definition) is 2. The number of aryl methyl sites for hydroxylation is 1. The molecule has 2 N–H and O–H groups in total. The van der Waals surface area contributed by atoms with Crippen molar-refractivity contribution in [1.82, 2.24) is 0 Å². The van der Waals surface area contributed by atoms with Gasteiger partial charge in [0.25, 0.3) is 0 Å². The Labute approximate surface area is 133 Å². The zero-order valence-electron chi connectivity index (χ0n) is 11.4. The van der Waals surface area contributed by atoms with Crippen molar-refractivity contribution in [3.63, 3.8) is 0 Å². The molecule has 21 heavy (non-hydrogen) atoms. The molecular weight excluding hydrogens is 309 g/mol. The van der Waals surface area contributed by atoms with Crippen LogP contribution in [0.2, 0.25) is 10.0 Å². The predicted octanol–water partition coefficient (Wildman–Crippen LogP) is 4.58. The molecule has 0 spiro atoms. The first-order valence-corrected chi connectivity index (χ1v) is 7.22. The molecule has 0 heterocycles. The van der Waals surface area contributed by atoms with Crippen molar-refractivity contribution in [1.29, 1.82) is 0 Å². The summed E-state index contributed by atoms with van der Waals surface area (Å²) in [6.45, 7) is 2.10.